The molecule has 1 unspecified atom stereocenters. The third-order valence-corrected chi connectivity index (χ3v) is 5.54. The molecule has 2 aliphatic heterocycles. The van der Waals surface area contributed by atoms with Crippen molar-refractivity contribution in [2.75, 3.05) is 19.6 Å². The molecule has 0 spiro atoms. The second-order valence-corrected chi connectivity index (χ2v) is 7.52. The van der Waals surface area contributed by atoms with Crippen molar-refractivity contribution in [1.29, 1.82) is 0 Å². The lowest BCUT2D eigenvalue weighted by Crippen LogP contribution is -2.44. The lowest BCUT2D eigenvalue weighted by atomic mass is 10.0. The quantitative estimate of drug-likeness (QED) is 0.840. The van der Waals surface area contributed by atoms with Gasteiger partial charge in [0.1, 0.15) is 5.82 Å². The van der Waals surface area contributed by atoms with Gasteiger partial charge >= 0.3 is 6.03 Å². The number of urea groups is 1. The molecule has 0 aliphatic carbocycles. The topological polar surface area (TPSA) is 94.2 Å². The van der Waals surface area contributed by atoms with Crippen molar-refractivity contribution in [1.82, 2.24) is 30.1 Å². The number of likely N-dealkylation sites (tertiary alicyclic amines) is 1. The molecule has 4 rings (SSSR count). The zero-order valence-electron chi connectivity index (χ0n) is 16.1. The Morgan fingerprint density at radius 1 is 1.29 bits per heavy atom. The number of aromatic amines is 1. The summed E-state index contributed by atoms with van der Waals surface area (Å²) in [6, 6.07) is 3.94. The summed E-state index contributed by atoms with van der Waals surface area (Å²) in [4.78, 5) is 40.3. The number of H-pyrrole nitrogens is 1. The monoisotopic (exact) mass is 382 g/mol. The van der Waals surface area contributed by atoms with E-state index in [-0.39, 0.29) is 17.6 Å². The molecule has 1 atom stereocenters. The van der Waals surface area contributed by atoms with Crippen LogP contribution in [0.2, 0.25) is 0 Å². The van der Waals surface area contributed by atoms with Crippen LogP contribution in [0.15, 0.2) is 29.3 Å². The van der Waals surface area contributed by atoms with E-state index in [1.165, 1.54) is 19.3 Å². The predicted molar refractivity (Wildman–Crippen MR) is 105 cm³/mol. The highest BCUT2D eigenvalue weighted by Crippen LogP contribution is 2.24. The summed E-state index contributed by atoms with van der Waals surface area (Å²) in [7, 11) is 0. The lowest BCUT2D eigenvalue weighted by Gasteiger charge is -2.35. The number of pyridine rings is 1. The minimum atomic E-state index is -0.166. The molecule has 2 N–H and O–H groups in total. The number of nitrogens with zero attached hydrogens (tertiary/aromatic N) is 4. The molecule has 4 heterocycles. The van der Waals surface area contributed by atoms with Crippen LogP contribution in [-0.2, 0) is 13.1 Å². The number of carbonyl (C=O) groups is 1. The van der Waals surface area contributed by atoms with E-state index in [4.69, 9.17) is 0 Å². The Hall–Kier alpha value is -2.74. The second-order valence-electron chi connectivity index (χ2n) is 7.52. The number of nitrogens with one attached hydrogen (secondary N) is 2. The summed E-state index contributed by atoms with van der Waals surface area (Å²) in [6.07, 6.45) is 7.27. The Labute approximate surface area is 164 Å². The van der Waals surface area contributed by atoms with Gasteiger partial charge in [-0.15, -0.1) is 0 Å². The number of amides is 2. The molecule has 2 amide bonds. The van der Waals surface area contributed by atoms with Gasteiger partial charge in [-0.1, -0.05) is 12.5 Å². The highest BCUT2D eigenvalue weighted by Gasteiger charge is 2.29. The molecule has 0 aromatic carbocycles. The fourth-order valence-corrected chi connectivity index (χ4v) is 4.09. The maximum atomic E-state index is 12.8. The Morgan fingerprint density at radius 3 is 2.86 bits per heavy atom. The normalized spacial score (nSPS) is 18.0. The van der Waals surface area contributed by atoms with Crippen molar-refractivity contribution in [3.8, 4) is 0 Å². The van der Waals surface area contributed by atoms with Gasteiger partial charge in [-0.05, 0) is 44.5 Å². The van der Waals surface area contributed by atoms with Crippen molar-refractivity contribution in [2.45, 2.75) is 45.3 Å². The van der Waals surface area contributed by atoms with Gasteiger partial charge in [0.2, 0.25) is 0 Å². The van der Waals surface area contributed by atoms with E-state index in [0.29, 0.717) is 36.7 Å². The van der Waals surface area contributed by atoms with Crippen LogP contribution in [0.3, 0.4) is 0 Å². The van der Waals surface area contributed by atoms with Crippen LogP contribution in [-0.4, -0.2) is 50.4 Å². The third-order valence-electron chi connectivity index (χ3n) is 5.54. The van der Waals surface area contributed by atoms with Gasteiger partial charge in [0.05, 0.1) is 30.4 Å². The molecule has 0 saturated carbocycles. The van der Waals surface area contributed by atoms with Crippen molar-refractivity contribution in [2.24, 2.45) is 0 Å². The highest BCUT2D eigenvalue weighted by molar-refractivity contribution is 5.75. The molecular formula is C20H26N6O2. The van der Waals surface area contributed by atoms with Crippen LogP contribution in [0.4, 0.5) is 4.79 Å². The van der Waals surface area contributed by atoms with Gasteiger partial charge in [0.25, 0.3) is 5.56 Å². The van der Waals surface area contributed by atoms with E-state index in [1.807, 2.05) is 12.3 Å². The Balaban J connectivity index is 1.43. The van der Waals surface area contributed by atoms with E-state index in [9.17, 15) is 9.59 Å². The van der Waals surface area contributed by atoms with Crippen molar-refractivity contribution in [3.05, 3.63) is 57.5 Å². The first-order valence-corrected chi connectivity index (χ1v) is 9.87. The van der Waals surface area contributed by atoms with Crippen LogP contribution in [0.1, 0.15) is 47.9 Å². The fourth-order valence-electron chi connectivity index (χ4n) is 4.09. The Bertz CT molecular complexity index is 891. The number of carbonyl (C=O) groups excluding carboxylic acids is 1. The summed E-state index contributed by atoms with van der Waals surface area (Å²) in [5, 5.41) is 3.07. The first-order chi connectivity index (χ1) is 13.6. The van der Waals surface area contributed by atoms with Crippen LogP contribution < -0.4 is 10.9 Å². The number of hydrogen-bond acceptors (Lipinski definition) is 5. The molecule has 1 fully saturated rings. The average Bonchev–Trinajstić information content (AvgIpc) is 3.14. The van der Waals surface area contributed by atoms with Gasteiger partial charge in [0.15, 0.2) is 0 Å². The number of hydrogen-bond donors (Lipinski definition) is 2. The summed E-state index contributed by atoms with van der Waals surface area (Å²) in [5.74, 6) is 0.577. The van der Waals surface area contributed by atoms with E-state index < -0.39 is 0 Å². The highest BCUT2D eigenvalue weighted by atomic mass is 16.2. The number of piperidine rings is 1. The zero-order valence-corrected chi connectivity index (χ0v) is 16.1. The summed E-state index contributed by atoms with van der Waals surface area (Å²) in [5.41, 5.74) is 2.24. The molecule has 2 aromatic rings. The number of fused-ring (bicyclic) bond motifs is 1. The Kier molecular flexibility index (Phi) is 5.38. The van der Waals surface area contributed by atoms with Gasteiger partial charge in [-0.2, -0.15) is 0 Å². The van der Waals surface area contributed by atoms with Crippen LogP contribution in [0, 0.1) is 6.92 Å². The Morgan fingerprint density at radius 2 is 2.11 bits per heavy atom. The molecule has 2 aromatic heterocycles. The summed E-state index contributed by atoms with van der Waals surface area (Å²) in [6.45, 7) is 4.99. The standard InChI is InChI=1S/C20H26N6O2/c1-14-23-17-13-26(12-16(17)19(27)24-14)20(28)22-11-18(15-6-5-7-21-10-15)25-8-3-2-4-9-25/h5-7,10,18H,2-4,8-9,11-13H2,1H3,(H,22,28)(H,23,24,27). The SMILES string of the molecule is Cc1nc2c(c(=O)[nH]1)CN(C(=O)NCC(c1cccnc1)N1CCCCC1)C2. The van der Waals surface area contributed by atoms with E-state index in [0.717, 1.165) is 18.7 Å². The summed E-state index contributed by atoms with van der Waals surface area (Å²) < 4.78 is 0. The van der Waals surface area contributed by atoms with Crippen LogP contribution >= 0.6 is 0 Å². The molecule has 1 saturated heterocycles. The molecular weight excluding hydrogens is 356 g/mol. The third kappa shape index (κ3) is 3.91. The zero-order chi connectivity index (χ0) is 19.5. The second kappa shape index (κ2) is 8.10. The van der Waals surface area contributed by atoms with E-state index >= 15 is 0 Å². The molecule has 8 heteroatoms. The fraction of sp³-hybridized carbons (Fsp3) is 0.500. The predicted octanol–water partition coefficient (Wildman–Crippen LogP) is 1.73. The smallest absolute Gasteiger partial charge is 0.318 e. The molecule has 28 heavy (non-hydrogen) atoms. The maximum absolute atomic E-state index is 12.8. The van der Waals surface area contributed by atoms with E-state index in [2.05, 4.69) is 31.2 Å². The minimum Gasteiger partial charge on any atom is -0.336 e. The molecule has 0 bridgehead atoms. The van der Waals surface area contributed by atoms with Gasteiger partial charge < -0.3 is 15.2 Å². The van der Waals surface area contributed by atoms with Gasteiger partial charge in [-0.25, -0.2) is 9.78 Å². The minimum absolute atomic E-state index is 0.103. The largest absolute Gasteiger partial charge is 0.336 e. The van der Waals surface area contributed by atoms with Crippen molar-refractivity contribution < 1.29 is 4.79 Å². The van der Waals surface area contributed by atoms with E-state index in [1.54, 1.807) is 18.0 Å². The van der Waals surface area contributed by atoms with Gasteiger partial charge in [0, 0.05) is 18.9 Å². The molecule has 148 valence electrons. The number of aromatic nitrogens is 3. The average molecular weight is 382 g/mol. The summed E-state index contributed by atoms with van der Waals surface area (Å²) >= 11 is 0. The van der Waals surface area contributed by atoms with Crippen LogP contribution in [0.5, 0.6) is 0 Å². The van der Waals surface area contributed by atoms with Gasteiger partial charge in [-0.3, -0.25) is 14.7 Å². The first-order valence-electron chi connectivity index (χ1n) is 9.87. The van der Waals surface area contributed by atoms with Crippen molar-refractivity contribution in [3.63, 3.8) is 0 Å². The molecule has 0 radical (unpaired) electrons. The molecule has 8 nitrogen and oxygen atoms in total. The molecule has 2 aliphatic rings. The first kappa shape index (κ1) is 18.6. The number of aryl methyl sites for hydroxylation is 1. The number of rotatable bonds is 4. The maximum Gasteiger partial charge on any atom is 0.318 e. The lowest BCUT2D eigenvalue weighted by molar-refractivity contribution is 0.154. The van der Waals surface area contributed by atoms with Crippen LogP contribution in [0.25, 0.3) is 0 Å². The van der Waals surface area contributed by atoms with Crippen molar-refractivity contribution >= 4 is 6.03 Å².